The number of para-hydroxylation sites is 1. The number of hydrogen-bond acceptors (Lipinski definition) is 6. The van der Waals surface area contributed by atoms with Gasteiger partial charge < -0.3 is 26.1 Å². The summed E-state index contributed by atoms with van der Waals surface area (Å²) in [5, 5.41) is 15.7. The molecule has 1 aromatic heterocycles. The van der Waals surface area contributed by atoms with Gasteiger partial charge in [-0.2, -0.15) is 5.26 Å². The molecule has 0 saturated heterocycles. The number of aromatic amines is 1. The van der Waals surface area contributed by atoms with E-state index in [9.17, 15) is 9.59 Å². The molecule has 41 heavy (non-hydrogen) atoms. The largest absolute Gasteiger partial charge is 0.492 e. The van der Waals surface area contributed by atoms with Gasteiger partial charge in [0.1, 0.15) is 11.8 Å². The smallest absolute Gasteiger partial charge is 0.255 e. The van der Waals surface area contributed by atoms with Crippen LogP contribution in [0.2, 0.25) is 0 Å². The third kappa shape index (κ3) is 6.82. The van der Waals surface area contributed by atoms with Crippen molar-refractivity contribution in [2.75, 3.05) is 6.61 Å². The van der Waals surface area contributed by atoms with E-state index in [0.29, 0.717) is 36.3 Å². The highest BCUT2D eigenvalue weighted by molar-refractivity contribution is 9.10. The first-order valence-electron chi connectivity index (χ1n) is 13.2. The Balaban J connectivity index is 1.36. The minimum atomic E-state index is -0.880. The van der Waals surface area contributed by atoms with E-state index in [2.05, 4.69) is 42.6 Å². The van der Waals surface area contributed by atoms with Gasteiger partial charge in [-0.15, -0.1) is 0 Å². The number of halogens is 1. The number of nitriles is 1. The van der Waals surface area contributed by atoms with E-state index in [4.69, 9.17) is 15.7 Å². The highest BCUT2D eigenvalue weighted by atomic mass is 79.9. The number of primary amides is 1. The van der Waals surface area contributed by atoms with E-state index in [1.807, 2.05) is 60.7 Å². The van der Waals surface area contributed by atoms with Crippen molar-refractivity contribution in [2.45, 2.75) is 37.4 Å². The quantitative estimate of drug-likeness (QED) is 0.210. The number of aromatic nitrogens is 2. The second-order valence-electron chi connectivity index (χ2n) is 9.91. The van der Waals surface area contributed by atoms with Gasteiger partial charge in [-0.05, 0) is 47.9 Å². The van der Waals surface area contributed by atoms with Gasteiger partial charge in [-0.3, -0.25) is 9.59 Å². The Morgan fingerprint density at radius 2 is 1.83 bits per heavy atom. The molecule has 9 nitrogen and oxygen atoms in total. The van der Waals surface area contributed by atoms with Gasteiger partial charge in [-0.25, -0.2) is 4.98 Å². The average Bonchev–Trinajstić information content (AvgIpc) is 3.53. The number of carbonyl (C=O) groups is 2. The minimum absolute atomic E-state index is 0.104. The number of rotatable bonds is 10. The van der Waals surface area contributed by atoms with Crippen molar-refractivity contribution in [1.29, 1.82) is 5.26 Å². The van der Waals surface area contributed by atoms with Gasteiger partial charge in [0, 0.05) is 35.1 Å². The Morgan fingerprint density at radius 1 is 1.10 bits per heavy atom. The molecule has 3 atom stereocenters. The lowest BCUT2D eigenvalue weighted by molar-refractivity contribution is -0.119. The number of ether oxygens (including phenoxy) is 1. The molecule has 5 N–H and O–H groups in total. The molecule has 10 heteroatoms. The molecule has 208 valence electrons. The van der Waals surface area contributed by atoms with Crippen LogP contribution in [0.4, 0.5) is 0 Å². The molecule has 0 bridgehead atoms. The van der Waals surface area contributed by atoms with Crippen molar-refractivity contribution >= 4 is 27.7 Å². The lowest BCUT2D eigenvalue weighted by atomic mass is 9.94. The number of carbonyl (C=O) groups excluding carboxylic acids is 2. The fourth-order valence-electron chi connectivity index (χ4n) is 5.00. The zero-order chi connectivity index (χ0) is 28.8. The van der Waals surface area contributed by atoms with Gasteiger partial charge in [0.15, 0.2) is 0 Å². The van der Waals surface area contributed by atoms with E-state index in [1.165, 1.54) is 0 Å². The summed E-state index contributed by atoms with van der Waals surface area (Å²) in [4.78, 5) is 33.1. The van der Waals surface area contributed by atoms with Gasteiger partial charge in [0.2, 0.25) is 5.91 Å². The summed E-state index contributed by atoms with van der Waals surface area (Å²) in [7, 11) is 0. The van der Waals surface area contributed by atoms with E-state index in [-0.39, 0.29) is 18.5 Å². The first-order chi connectivity index (χ1) is 19.9. The molecule has 0 fully saturated rings. The molecular weight excluding hydrogens is 584 g/mol. The summed E-state index contributed by atoms with van der Waals surface area (Å²) >= 11 is 3.40. The van der Waals surface area contributed by atoms with E-state index >= 15 is 0 Å². The fraction of sp³-hybridized carbons (Fsp3) is 0.226. The number of hydrogen-bond donors (Lipinski definition) is 4. The van der Waals surface area contributed by atoms with Crippen LogP contribution in [-0.4, -0.2) is 34.4 Å². The topological polar surface area (TPSA) is 146 Å². The molecule has 1 aliphatic heterocycles. The first-order valence-corrected chi connectivity index (χ1v) is 14.0. The monoisotopic (exact) mass is 612 g/mol. The van der Waals surface area contributed by atoms with Crippen molar-refractivity contribution in [2.24, 2.45) is 5.73 Å². The third-order valence-electron chi connectivity index (χ3n) is 7.14. The van der Waals surface area contributed by atoms with Crippen molar-refractivity contribution < 1.29 is 14.3 Å². The Kier molecular flexibility index (Phi) is 8.77. The van der Waals surface area contributed by atoms with Gasteiger partial charge in [-0.1, -0.05) is 52.3 Å². The zero-order valence-corrected chi connectivity index (χ0v) is 23.7. The summed E-state index contributed by atoms with van der Waals surface area (Å²) in [5.74, 6) is -0.551. The maximum atomic E-state index is 13.4. The number of nitrogens with two attached hydrogens (primary N) is 1. The van der Waals surface area contributed by atoms with Crippen LogP contribution in [0.25, 0.3) is 0 Å². The van der Waals surface area contributed by atoms with Crippen molar-refractivity contribution in [1.82, 2.24) is 20.6 Å². The molecule has 3 aromatic carbocycles. The van der Waals surface area contributed by atoms with Crippen molar-refractivity contribution in [3.8, 4) is 11.8 Å². The molecule has 2 amide bonds. The first kappa shape index (κ1) is 28.1. The Labute approximate surface area is 246 Å². The molecule has 0 aliphatic carbocycles. The van der Waals surface area contributed by atoms with Crippen LogP contribution >= 0.6 is 15.9 Å². The SMILES string of the molecule is N#Cc1ccc(CC(NC2CCOc3c(C(=O)N[C@@H](Cc4ccc(Br)cc4)C(N)=O)cccc32)c2cnc[nH]2)cc1. The maximum Gasteiger partial charge on any atom is 0.255 e. The number of fused-ring (bicyclic) bond motifs is 1. The Bertz CT molecular complexity index is 1550. The van der Waals surface area contributed by atoms with Crippen molar-refractivity contribution in [3.05, 3.63) is 117 Å². The van der Waals surface area contributed by atoms with Crippen LogP contribution in [-0.2, 0) is 17.6 Å². The molecule has 5 rings (SSSR count). The Hall–Kier alpha value is -4.46. The fourth-order valence-corrected chi connectivity index (χ4v) is 5.27. The van der Waals surface area contributed by atoms with E-state index in [1.54, 1.807) is 18.6 Å². The lowest BCUT2D eigenvalue weighted by Crippen LogP contribution is -2.46. The standard InChI is InChI=1S/C31H29BrN6O3/c32-22-10-8-20(9-11-22)15-27(30(34)39)38-31(40)24-3-1-2-23-25(12-13-41-29(23)24)37-26(28-17-35-18-36-28)14-19-4-6-21(16-33)7-5-19/h1-11,17-18,25-27,37H,12-15H2,(H2,34,39)(H,35,36)(H,38,40)/t25?,26?,27-/m0/s1. The Morgan fingerprint density at radius 3 is 2.51 bits per heavy atom. The summed E-state index contributed by atoms with van der Waals surface area (Å²) in [6.07, 6.45) is 5.07. The average molecular weight is 614 g/mol. The predicted molar refractivity (Wildman–Crippen MR) is 157 cm³/mol. The second kappa shape index (κ2) is 12.8. The normalized spacial score (nSPS) is 15.6. The molecule has 2 heterocycles. The predicted octanol–water partition coefficient (Wildman–Crippen LogP) is 4.27. The van der Waals surface area contributed by atoms with Crippen LogP contribution in [0.3, 0.4) is 0 Å². The minimum Gasteiger partial charge on any atom is -0.492 e. The lowest BCUT2D eigenvalue weighted by Gasteiger charge is -2.31. The summed E-state index contributed by atoms with van der Waals surface area (Å²) in [5.41, 5.74) is 10.3. The molecule has 1 aliphatic rings. The molecular formula is C31H29BrN6O3. The van der Waals surface area contributed by atoms with Gasteiger partial charge >= 0.3 is 0 Å². The highest BCUT2D eigenvalue weighted by Crippen LogP contribution is 2.37. The molecule has 0 saturated carbocycles. The molecule has 0 spiro atoms. The van der Waals surface area contributed by atoms with Crippen LogP contribution in [0.15, 0.2) is 83.7 Å². The molecule has 0 radical (unpaired) electrons. The van der Waals surface area contributed by atoms with E-state index in [0.717, 1.165) is 26.9 Å². The molecule has 4 aromatic rings. The van der Waals surface area contributed by atoms with Gasteiger partial charge in [0.05, 0.1) is 41.9 Å². The molecule has 2 unspecified atom stereocenters. The summed E-state index contributed by atoms with van der Waals surface area (Å²) in [6, 6.07) is 21.5. The van der Waals surface area contributed by atoms with Gasteiger partial charge in [0.25, 0.3) is 5.91 Å². The number of imidazole rings is 1. The van der Waals surface area contributed by atoms with Crippen LogP contribution in [0.5, 0.6) is 5.75 Å². The second-order valence-corrected chi connectivity index (χ2v) is 10.8. The maximum absolute atomic E-state index is 13.4. The number of nitrogens with one attached hydrogen (secondary N) is 3. The summed E-state index contributed by atoms with van der Waals surface area (Å²) < 4.78 is 6.94. The third-order valence-corrected chi connectivity index (χ3v) is 7.67. The van der Waals surface area contributed by atoms with Crippen LogP contribution in [0.1, 0.15) is 56.8 Å². The number of H-pyrrole nitrogens is 1. The summed E-state index contributed by atoms with van der Waals surface area (Å²) in [6.45, 7) is 0.416. The highest BCUT2D eigenvalue weighted by Gasteiger charge is 2.30. The number of amides is 2. The number of benzene rings is 3. The zero-order valence-electron chi connectivity index (χ0n) is 22.1. The van der Waals surface area contributed by atoms with E-state index < -0.39 is 17.9 Å². The van der Waals surface area contributed by atoms with Crippen LogP contribution in [0, 0.1) is 11.3 Å². The van der Waals surface area contributed by atoms with Crippen LogP contribution < -0.4 is 21.1 Å². The van der Waals surface area contributed by atoms with Crippen molar-refractivity contribution in [3.63, 3.8) is 0 Å². The number of nitrogens with zero attached hydrogens (tertiary/aromatic N) is 2.